The smallest absolute Gasteiger partial charge is 0.306 e. The van der Waals surface area contributed by atoms with Crippen LogP contribution in [0.5, 0.6) is 0 Å². The normalized spacial score (nSPS) is 12.7. The molecule has 97 heavy (non-hydrogen) atoms. The first-order chi connectivity index (χ1) is 47.6. The second-order valence-corrected chi connectivity index (χ2v) is 30.8. The third-order valence-electron chi connectivity index (χ3n) is 19.9. The molecule has 2 unspecified atom stereocenters. The Balaban J connectivity index is 3.92. The summed E-state index contributed by atoms with van der Waals surface area (Å²) < 4.78 is 22.9. The maximum Gasteiger partial charge on any atom is 0.306 e. The van der Waals surface area contributed by atoms with E-state index in [1.54, 1.807) is 0 Å². The minimum atomic E-state index is -1.62. The standard InChI is InChI=1S/C88H167NO8/c1-6-8-10-12-14-16-18-20-22-24-26-28-30-32-34-36-38-40-41-42-43-44-45-47-49-51-53-55-57-59-61-63-65-67-69-71-73-75-77-79-86(91)97-84(83-96-88(87(92)93)94-81-80-89(3,4)5)82-95-85(90)78-76-74-72-70-68-66-64-62-60-58-56-54-52-50-48-46-39-37-35-33-31-29-27-25-23-21-19-17-15-13-11-9-7-2/h18,20,24,26,30,32,84,88H,6-17,19,21-23,25,27-29,31,33-83H2,1-5H3/b20-18-,26-24-,32-30-. The fourth-order valence-electron chi connectivity index (χ4n) is 13.3. The van der Waals surface area contributed by atoms with Crippen molar-refractivity contribution in [2.75, 3.05) is 47.5 Å². The lowest BCUT2D eigenvalue weighted by Gasteiger charge is -2.26. The number of carboxylic acids is 1. The highest BCUT2D eigenvalue weighted by Gasteiger charge is 2.22. The number of carboxylic acid groups (broad SMARTS) is 1. The van der Waals surface area contributed by atoms with E-state index in [9.17, 15) is 19.5 Å². The van der Waals surface area contributed by atoms with Crippen molar-refractivity contribution in [3.8, 4) is 0 Å². The topological polar surface area (TPSA) is 111 Å². The van der Waals surface area contributed by atoms with Crippen LogP contribution in [-0.4, -0.2) is 82.3 Å². The largest absolute Gasteiger partial charge is 0.545 e. The van der Waals surface area contributed by atoms with Crippen LogP contribution in [-0.2, 0) is 33.3 Å². The molecule has 9 heteroatoms. The molecule has 0 aromatic carbocycles. The van der Waals surface area contributed by atoms with E-state index in [0.29, 0.717) is 17.4 Å². The molecule has 572 valence electrons. The van der Waals surface area contributed by atoms with Crippen LogP contribution in [0.15, 0.2) is 36.5 Å². The number of nitrogens with zero attached hydrogens (tertiary/aromatic N) is 1. The van der Waals surface area contributed by atoms with Gasteiger partial charge in [0.15, 0.2) is 12.4 Å². The predicted molar refractivity (Wildman–Crippen MR) is 417 cm³/mol. The summed E-state index contributed by atoms with van der Waals surface area (Å²) in [5.41, 5.74) is 0. The number of hydrogen-bond acceptors (Lipinski definition) is 8. The molecule has 0 saturated carbocycles. The number of carbonyl (C=O) groups excluding carboxylic acids is 3. The van der Waals surface area contributed by atoms with Crippen LogP contribution in [0.3, 0.4) is 0 Å². The highest BCUT2D eigenvalue weighted by molar-refractivity contribution is 5.70. The molecule has 0 spiro atoms. The maximum atomic E-state index is 13.0. The van der Waals surface area contributed by atoms with Gasteiger partial charge in [0.25, 0.3) is 0 Å². The number of ether oxygens (including phenoxy) is 4. The van der Waals surface area contributed by atoms with Crippen molar-refractivity contribution in [1.29, 1.82) is 0 Å². The number of rotatable bonds is 82. The van der Waals surface area contributed by atoms with E-state index >= 15 is 0 Å². The molecule has 0 bridgehead atoms. The number of hydrogen-bond donors (Lipinski definition) is 0. The average Bonchev–Trinajstić information content (AvgIpc) is 2.39. The molecule has 0 aliphatic rings. The molecule has 0 aliphatic carbocycles. The highest BCUT2D eigenvalue weighted by atomic mass is 16.7. The summed E-state index contributed by atoms with van der Waals surface area (Å²) in [6.07, 6.45) is 100. The Morgan fingerprint density at radius 1 is 0.309 bits per heavy atom. The molecule has 0 N–H and O–H groups in total. The van der Waals surface area contributed by atoms with Gasteiger partial charge in [-0.2, -0.15) is 0 Å². The molecule has 2 atom stereocenters. The summed E-state index contributed by atoms with van der Waals surface area (Å²) in [6.45, 7) is 4.83. The molecule has 0 fully saturated rings. The quantitative estimate of drug-likeness (QED) is 0.0195. The number of likely N-dealkylation sites (N-methyl/N-ethyl adjacent to an activating group) is 1. The van der Waals surface area contributed by atoms with Gasteiger partial charge in [-0.1, -0.05) is 423 Å². The van der Waals surface area contributed by atoms with Crippen molar-refractivity contribution in [3.05, 3.63) is 36.5 Å². The fourth-order valence-corrected chi connectivity index (χ4v) is 13.3. The first-order valence-electron chi connectivity index (χ1n) is 43.1. The Morgan fingerprint density at radius 2 is 0.557 bits per heavy atom. The van der Waals surface area contributed by atoms with Gasteiger partial charge in [-0.15, -0.1) is 0 Å². The van der Waals surface area contributed by atoms with Gasteiger partial charge in [0, 0.05) is 12.8 Å². The maximum absolute atomic E-state index is 13.0. The van der Waals surface area contributed by atoms with Crippen molar-refractivity contribution in [2.45, 2.75) is 463 Å². The molecule has 0 aromatic rings. The van der Waals surface area contributed by atoms with Gasteiger partial charge in [-0.05, 0) is 51.4 Å². The van der Waals surface area contributed by atoms with Crippen molar-refractivity contribution in [3.63, 3.8) is 0 Å². The van der Waals surface area contributed by atoms with Gasteiger partial charge >= 0.3 is 11.9 Å². The Kier molecular flexibility index (Phi) is 77.2. The first-order valence-corrected chi connectivity index (χ1v) is 43.1. The molecular weight excluding hydrogens is 1200 g/mol. The monoisotopic (exact) mass is 1370 g/mol. The van der Waals surface area contributed by atoms with Gasteiger partial charge in [-0.3, -0.25) is 9.59 Å². The first kappa shape index (κ1) is 94.5. The molecule has 0 saturated heterocycles. The molecule has 0 heterocycles. The lowest BCUT2D eigenvalue weighted by Crippen LogP contribution is -2.44. The highest BCUT2D eigenvalue weighted by Crippen LogP contribution is 2.21. The Hall–Kier alpha value is -2.49. The van der Waals surface area contributed by atoms with Crippen LogP contribution in [0.2, 0.25) is 0 Å². The Labute approximate surface area is 604 Å². The van der Waals surface area contributed by atoms with E-state index in [4.69, 9.17) is 18.9 Å². The van der Waals surface area contributed by atoms with E-state index in [-0.39, 0.29) is 32.2 Å². The van der Waals surface area contributed by atoms with Crippen LogP contribution in [0.25, 0.3) is 0 Å². The second-order valence-electron chi connectivity index (χ2n) is 30.8. The van der Waals surface area contributed by atoms with Crippen molar-refractivity contribution < 1.29 is 42.9 Å². The molecule has 9 nitrogen and oxygen atoms in total. The van der Waals surface area contributed by atoms with Crippen LogP contribution in [0.4, 0.5) is 0 Å². The van der Waals surface area contributed by atoms with Gasteiger partial charge in [0.05, 0.1) is 40.3 Å². The second kappa shape index (κ2) is 79.2. The number of unbranched alkanes of at least 4 members (excludes halogenated alkanes) is 61. The fraction of sp³-hybridized carbons (Fsp3) is 0.898. The number of allylic oxidation sites excluding steroid dienone is 6. The van der Waals surface area contributed by atoms with E-state index < -0.39 is 24.3 Å². The van der Waals surface area contributed by atoms with Crippen molar-refractivity contribution in [1.82, 2.24) is 0 Å². The lowest BCUT2D eigenvalue weighted by atomic mass is 10.0. The van der Waals surface area contributed by atoms with Gasteiger partial charge < -0.3 is 33.3 Å². The molecule has 0 rings (SSSR count). The zero-order valence-corrected chi connectivity index (χ0v) is 65.7. The summed E-state index contributed by atoms with van der Waals surface area (Å²) in [5, 5.41) is 11.9. The van der Waals surface area contributed by atoms with Crippen LogP contribution in [0.1, 0.15) is 450 Å². The average molecular weight is 1370 g/mol. The minimum absolute atomic E-state index is 0.152. The molecular formula is C88H167NO8. The summed E-state index contributed by atoms with van der Waals surface area (Å²) in [4.78, 5) is 37.7. The lowest BCUT2D eigenvalue weighted by molar-refractivity contribution is -0.870. The summed E-state index contributed by atoms with van der Waals surface area (Å²) >= 11 is 0. The Morgan fingerprint density at radius 3 is 0.825 bits per heavy atom. The van der Waals surface area contributed by atoms with Crippen LogP contribution >= 0.6 is 0 Å². The molecule has 0 radical (unpaired) electrons. The zero-order valence-electron chi connectivity index (χ0n) is 65.7. The number of quaternary nitrogens is 1. The van der Waals surface area contributed by atoms with Crippen molar-refractivity contribution in [2.24, 2.45) is 0 Å². The number of aliphatic carboxylic acids is 1. The van der Waals surface area contributed by atoms with Gasteiger partial charge in [0.1, 0.15) is 13.2 Å². The van der Waals surface area contributed by atoms with Gasteiger partial charge in [0.2, 0.25) is 0 Å². The summed E-state index contributed by atoms with van der Waals surface area (Å²) in [6, 6.07) is 0. The molecule has 0 aliphatic heterocycles. The van der Waals surface area contributed by atoms with E-state index in [0.717, 1.165) is 51.4 Å². The summed E-state index contributed by atoms with van der Waals surface area (Å²) in [7, 11) is 5.96. The SMILES string of the molecule is CCCCCCC/C=C\C/C=C\C/C=C\CCCCCCCCCCCCCCCCCCCCCCCCCCC(=O)OC(COC(=O)CCCCCCCCCCCCCCCCCCCCCCCCCCCCCCCCCCC)COC(OCC[N+](C)(C)C)C(=O)[O-]. The van der Waals surface area contributed by atoms with E-state index in [1.807, 2.05) is 21.1 Å². The summed E-state index contributed by atoms with van der Waals surface area (Å²) in [5.74, 6) is -2.24. The van der Waals surface area contributed by atoms with Crippen molar-refractivity contribution >= 4 is 17.9 Å². The zero-order chi connectivity index (χ0) is 70.4. The minimum Gasteiger partial charge on any atom is -0.545 e. The third-order valence-corrected chi connectivity index (χ3v) is 19.9. The third kappa shape index (κ3) is 80.7. The number of esters is 2. The number of carbonyl (C=O) groups is 3. The van der Waals surface area contributed by atoms with E-state index in [1.165, 1.54) is 372 Å². The van der Waals surface area contributed by atoms with Gasteiger partial charge in [-0.25, -0.2) is 0 Å². The Bertz CT molecular complexity index is 1690. The van der Waals surface area contributed by atoms with Crippen LogP contribution in [0, 0.1) is 0 Å². The predicted octanol–water partition coefficient (Wildman–Crippen LogP) is 26.5. The van der Waals surface area contributed by atoms with E-state index in [2.05, 4.69) is 50.3 Å². The molecule has 0 aromatic heterocycles. The van der Waals surface area contributed by atoms with Crippen LogP contribution < -0.4 is 5.11 Å². The molecule has 0 amide bonds.